The van der Waals surface area contributed by atoms with E-state index in [0.717, 1.165) is 17.9 Å². The molecule has 0 saturated heterocycles. The number of likely N-dealkylation sites (N-methyl/N-ethyl adjacent to an activating group) is 1. The number of aryl methyl sites for hydroxylation is 1. The van der Waals surface area contributed by atoms with Gasteiger partial charge in [-0.15, -0.1) is 0 Å². The molecule has 1 rings (SSSR count). The highest BCUT2D eigenvalue weighted by molar-refractivity contribution is 5.99. The molecule has 2 N–H and O–H groups in total. The number of amides is 1. The summed E-state index contributed by atoms with van der Waals surface area (Å²) in [5.74, 6) is 0.292. The molecule has 0 aliphatic heterocycles. The van der Waals surface area contributed by atoms with Gasteiger partial charge in [-0.05, 0) is 33.0 Å². The summed E-state index contributed by atoms with van der Waals surface area (Å²) in [7, 11) is 5.83. The van der Waals surface area contributed by atoms with Gasteiger partial charge < -0.3 is 15.5 Å². The van der Waals surface area contributed by atoms with E-state index in [2.05, 4.69) is 34.4 Å². The van der Waals surface area contributed by atoms with Crippen LogP contribution in [0.1, 0.15) is 29.9 Å². The smallest absolute Gasteiger partial charge is 0.255 e. The second-order valence-electron chi connectivity index (χ2n) is 5.71. The number of pyridine rings is 1. The summed E-state index contributed by atoms with van der Waals surface area (Å²) in [5.41, 5.74) is 2.28. The van der Waals surface area contributed by atoms with Crippen molar-refractivity contribution in [3.63, 3.8) is 0 Å². The number of hydrogen-bond donors (Lipinski definition) is 2. The van der Waals surface area contributed by atoms with E-state index in [1.165, 1.54) is 0 Å². The van der Waals surface area contributed by atoms with Gasteiger partial charge in [0.15, 0.2) is 0 Å². The van der Waals surface area contributed by atoms with E-state index in [1.54, 1.807) is 6.20 Å². The van der Waals surface area contributed by atoms with Gasteiger partial charge in [-0.3, -0.25) is 9.78 Å². The Labute approximate surface area is 121 Å². The second-order valence-corrected chi connectivity index (χ2v) is 5.71. The Hall–Kier alpha value is -1.62. The molecular weight excluding hydrogens is 252 g/mol. The van der Waals surface area contributed by atoms with Crippen LogP contribution in [0.4, 0.5) is 5.69 Å². The van der Waals surface area contributed by atoms with Crippen LogP contribution in [0, 0.1) is 12.8 Å². The van der Waals surface area contributed by atoms with Gasteiger partial charge in [-0.2, -0.15) is 0 Å². The van der Waals surface area contributed by atoms with Crippen LogP contribution in [0.3, 0.4) is 0 Å². The lowest BCUT2D eigenvalue weighted by Gasteiger charge is -2.26. The van der Waals surface area contributed by atoms with Gasteiger partial charge in [0.05, 0.1) is 11.3 Å². The SMILES string of the molecule is CNc1cc(C)ncc1C(=O)NC(CN(C)C)C(C)C. The fraction of sp³-hybridized carbons (Fsp3) is 0.600. The molecule has 0 radical (unpaired) electrons. The highest BCUT2D eigenvalue weighted by Gasteiger charge is 2.19. The molecule has 0 aliphatic rings. The molecule has 20 heavy (non-hydrogen) atoms. The van der Waals surface area contributed by atoms with Crippen molar-refractivity contribution < 1.29 is 4.79 Å². The van der Waals surface area contributed by atoms with Crippen molar-refractivity contribution in [3.8, 4) is 0 Å². The van der Waals surface area contributed by atoms with E-state index >= 15 is 0 Å². The van der Waals surface area contributed by atoms with Crippen molar-refractivity contribution in [1.82, 2.24) is 15.2 Å². The number of nitrogens with zero attached hydrogens (tertiary/aromatic N) is 2. The van der Waals surface area contributed by atoms with Crippen molar-refractivity contribution in [2.24, 2.45) is 5.92 Å². The molecule has 1 amide bonds. The average molecular weight is 278 g/mol. The maximum absolute atomic E-state index is 12.4. The lowest BCUT2D eigenvalue weighted by atomic mass is 10.0. The van der Waals surface area contributed by atoms with Crippen LogP contribution < -0.4 is 10.6 Å². The first-order chi connectivity index (χ1) is 9.35. The van der Waals surface area contributed by atoms with Crippen molar-refractivity contribution >= 4 is 11.6 Å². The van der Waals surface area contributed by atoms with E-state index in [9.17, 15) is 4.79 Å². The monoisotopic (exact) mass is 278 g/mol. The second kappa shape index (κ2) is 7.24. The summed E-state index contributed by atoms with van der Waals surface area (Å²) in [6.07, 6.45) is 1.63. The maximum Gasteiger partial charge on any atom is 0.255 e. The lowest BCUT2D eigenvalue weighted by Crippen LogP contribution is -2.45. The summed E-state index contributed by atoms with van der Waals surface area (Å²) in [6, 6.07) is 1.99. The number of nitrogens with one attached hydrogen (secondary N) is 2. The first-order valence-corrected chi connectivity index (χ1v) is 6.95. The van der Waals surface area contributed by atoms with E-state index < -0.39 is 0 Å². The fourth-order valence-electron chi connectivity index (χ4n) is 2.01. The zero-order valence-corrected chi connectivity index (χ0v) is 13.3. The molecule has 1 heterocycles. The molecule has 5 heteroatoms. The van der Waals surface area contributed by atoms with Gasteiger partial charge in [0, 0.05) is 31.5 Å². The van der Waals surface area contributed by atoms with Crippen LogP contribution in [-0.2, 0) is 0 Å². The molecule has 0 spiro atoms. The van der Waals surface area contributed by atoms with Gasteiger partial charge in [0.2, 0.25) is 0 Å². The molecule has 0 aliphatic carbocycles. The quantitative estimate of drug-likeness (QED) is 0.832. The third-order valence-corrected chi connectivity index (χ3v) is 3.24. The molecule has 1 atom stereocenters. The number of hydrogen-bond acceptors (Lipinski definition) is 4. The fourth-order valence-corrected chi connectivity index (χ4v) is 2.01. The molecule has 0 aromatic carbocycles. The van der Waals surface area contributed by atoms with Crippen molar-refractivity contribution in [2.45, 2.75) is 26.8 Å². The maximum atomic E-state index is 12.4. The van der Waals surface area contributed by atoms with Gasteiger partial charge in [-0.1, -0.05) is 13.8 Å². The topological polar surface area (TPSA) is 57.3 Å². The Morgan fingerprint density at radius 3 is 2.55 bits per heavy atom. The Balaban J connectivity index is 2.89. The standard InChI is InChI=1S/C15H26N4O/c1-10(2)14(9-19(5)6)18-15(20)12-8-17-11(3)7-13(12)16-4/h7-8,10,14H,9H2,1-6H3,(H,16,17)(H,18,20). The Kier molecular flexibility index (Phi) is 5.95. The third-order valence-electron chi connectivity index (χ3n) is 3.24. The van der Waals surface area contributed by atoms with Gasteiger partial charge in [0.25, 0.3) is 5.91 Å². The Morgan fingerprint density at radius 2 is 2.05 bits per heavy atom. The molecular formula is C15H26N4O. The number of carbonyl (C=O) groups is 1. The molecule has 5 nitrogen and oxygen atoms in total. The average Bonchev–Trinajstić information content (AvgIpc) is 2.36. The van der Waals surface area contributed by atoms with E-state index in [4.69, 9.17) is 0 Å². The first-order valence-electron chi connectivity index (χ1n) is 6.95. The normalized spacial score (nSPS) is 12.6. The third kappa shape index (κ3) is 4.49. The van der Waals surface area contributed by atoms with Gasteiger partial charge in [-0.25, -0.2) is 0 Å². The summed E-state index contributed by atoms with van der Waals surface area (Å²) in [5, 5.41) is 6.15. The molecule has 0 bridgehead atoms. The van der Waals surface area contributed by atoms with Crippen LogP contribution in [0.15, 0.2) is 12.3 Å². The summed E-state index contributed by atoms with van der Waals surface area (Å²) >= 11 is 0. The van der Waals surface area contributed by atoms with E-state index in [1.807, 2.05) is 34.1 Å². The van der Waals surface area contributed by atoms with Crippen LogP contribution in [0.25, 0.3) is 0 Å². The van der Waals surface area contributed by atoms with E-state index in [-0.39, 0.29) is 11.9 Å². The molecule has 0 saturated carbocycles. The minimum absolute atomic E-state index is 0.0811. The first kappa shape index (κ1) is 16.4. The largest absolute Gasteiger partial charge is 0.387 e. The summed E-state index contributed by atoms with van der Waals surface area (Å²) in [6.45, 7) is 6.95. The van der Waals surface area contributed by atoms with Crippen molar-refractivity contribution in [2.75, 3.05) is 33.0 Å². The van der Waals surface area contributed by atoms with Gasteiger partial charge in [0.1, 0.15) is 0 Å². The number of aromatic nitrogens is 1. The molecule has 1 unspecified atom stereocenters. The molecule has 1 aromatic rings. The van der Waals surface area contributed by atoms with Gasteiger partial charge >= 0.3 is 0 Å². The van der Waals surface area contributed by atoms with Crippen LogP contribution >= 0.6 is 0 Å². The van der Waals surface area contributed by atoms with Crippen LogP contribution in [0.2, 0.25) is 0 Å². The summed E-state index contributed by atoms with van der Waals surface area (Å²) < 4.78 is 0. The highest BCUT2D eigenvalue weighted by atomic mass is 16.1. The number of carbonyl (C=O) groups excluding carboxylic acids is 1. The Morgan fingerprint density at radius 1 is 1.40 bits per heavy atom. The van der Waals surface area contributed by atoms with Crippen LogP contribution in [-0.4, -0.2) is 49.5 Å². The zero-order chi connectivity index (χ0) is 15.3. The lowest BCUT2D eigenvalue weighted by molar-refractivity contribution is 0.0917. The zero-order valence-electron chi connectivity index (χ0n) is 13.3. The number of rotatable bonds is 6. The van der Waals surface area contributed by atoms with Crippen molar-refractivity contribution in [1.29, 1.82) is 0 Å². The predicted molar refractivity (Wildman–Crippen MR) is 83.2 cm³/mol. The molecule has 1 aromatic heterocycles. The minimum atomic E-state index is -0.0811. The minimum Gasteiger partial charge on any atom is -0.387 e. The van der Waals surface area contributed by atoms with E-state index in [0.29, 0.717) is 11.5 Å². The molecule has 112 valence electrons. The highest BCUT2D eigenvalue weighted by Crippen LogP contribution is 2.15. The number of anilines is 1. The van der Waals surface area contributed by atoms with Crippen molar-refractivity contribution in [3.05, 3.63) is 23.5 Å². The predicted octanol–water partition coefficient (Wildman–Crippen LogP) is 1.75. The van der Waals surface area contributed by atoms with Crippen LogP contribution in [0.5, 0.6) is 0 Å². The molecule has 0 fully saturated rings. The summed E-state index contributed by atoms with van der Waals surface area (Å²) in [4.78, 5) is 18.7. The Bertz CT molecular complexity index is 457.